The fourth-order valence-electron chi connectivity index (χ4n) is 3.89. The summed E-state index contributed by atoms with van der Waals surface area (Å²) in [7, 11) is 0. The Morgan fingerprint density at radius 1 is 1.24 bits per heavy atom. The fourth-order valence-corrected chi connectivity index (χ4v) is 4.63. The summed E-state index contributed by atoms with van der Waals surface area (Å²) < 4.78 is 9.74. The summed E-state index contributed by atoms with van der Waals surface area (Å²) in [6.45, 7) is 5.41. The number of rotatable bonds is 6. The van der Waals surface area contributed by atoms with Crippen molar-refractivity contribution < 1.29 is 4.74 Å². The highest BCUT2D eigenvalue weighted by atomic mass is 35.5. The third kappa shape index (κ3) is 3.41. The van der Waals surface area contributed by atoms with Gasteiger partial charge in [0.05, 0.1) is 42.5 Å². The maximum atomic E-state index is 6.23. The van der Waals surface area contributed by atoms with E-state index in [0.29, 0.717) is 11.6 Å². The molecule has 4 heterocycles. The number of aryl methyl sites for hydroxylation is 1. The van der Waals surface area contributed by atoms with Gasteiger partial charge in [0.2, 0.25) is 0 Å². The summed E-state index contributed by atoms with van der Waals surface area (Å²) in [6, 6.07) is 7.94. The average Bonchev–Trinajstić information content (AvgIpc) is 3.22. The van der Waals surface area contributed by atoms with Gasteiger partial charge in [0.25, 0.3) is 0 Å². The van der Waals surface area contributed by atoms with E-state index in [4.69, 9.17) is 26.4 Å². The van der Waals surface area contributed by atoms with Crippen LogP contribution in [0.2, 0.25) is 5.02 Å². The second-order valence-electron chi connectivity index (χ2n) is 7.93. The molecule has 8 heteroatoms. The Morgan fingerprint density at radius 2 is 2.10 bits per heavy atom. The van der Waals surface area contributed by atoms with Crippen LogP contribution in [0.3, 0.4) is 0 Å². The molecule has 0 spiro atoms. The third-order valence-electron chi connectivity index (χ3n) is 5.63. The van der Waals surface area contributed by atoms with Crippen LogP contribution < -0.4 is 0 Å². The molecule has 0 radical (unpaired) electrons. The lowest BCUT2D eigenvalue weighted by atomic mass is 9.85. The molecule has 0 amide bonds. The molecule has 1 aromatic carbocycles. The average molecular weight is 428 g/mol. The van der Waals surface area contributed by atoms with Gasteiger partial charge in [0.1, 0.15) is 10.9 Å². The second kappa shape index (κ2) is 7.31. The Labute approximate surface area is 178 Å². The highest BCUT2D eigenvalue weighted by molar-refractivity contribution is 7.98. The summed E-state index contributed by atoms with van der Waals surface area (Å²) in [5.74, 6) is 0.979. The van der Waals surface area contributed by atoms with Gasteiger partial charge in [-0.05, 0) is 36.9 Å². The van der Waals surface area contributed by atoms with Crippen LogP contribution in [-0.2, 0) is 17.8 Å². The minimum Gasteiger partial charge on any atom is -0.380 e. The van der Waals surface area contributed by atoms with E-state index in [1.165, 1.54) is 0 Å². The number of hydrogen-bond acceptors (Lipinski definition) is 5. The summed E-state index contributed by atoms with van der Waals surface area (Å²) >= 11 is 7.87. The number of ether oxygens (including phenoxy) is 1. The molecule has 0 saturated carbocycles. The molecule has 150 valence electrons. The highest BCUT2D eigenvalue weighted by Gasteiger charge is 2.33. The van der Waals surface area contributed by atoms with Crippen LogP contribution in [0.4, 0.5) is 0 Å². The van der Waals surface area contributed by atoms with E-state index in [9.17, 15) is 0 Å². The van der Waals surface area contributed by atoms with Gasteiger partial charge in [0, 0.05) is 28.6 Å². The number of imidazole rings is 1. The van der Waals surface area contributed by atoms with Crippen LogP contribution in [0.1, 0.15) is 19.2 Å². The molecule has 3 aromatic heterocycles. The molecule has 1 aliphatic heterocycles. The van der Waals surface area contributed by atoms with E-state index in [-0.39, 0.29) is 5.41 Å². The number of nitrogens with zero attached hydrogens (tertiary/aromatic N) is 5. The predicted octanol–water partition coefficient (Wildman–Crippen LogP) is 4.63. The Morgan fingerprint density at radius 3 is 2.86 bits per heavy atom. The van der Waals surface area contributed by atoms with Crippen molar-refractivity contribution in [2.45, 2.75) is 31.5 Å². The third-order valence-corrected chi connectivity index (χ3v) is 6.56. The summed E-state index contributed by atoms with van der Waals surface area (Å²) in [6.07, 6.45) is 6.78. The highest BCUT2D eigenvalue weighted by Crippen LogP contribution is 2.32. The molecule has 0 aliphatic carbocycles. The van der Waals surface area contributed by atoms with Crippen LogP contribution in [-0.4, -0.2) is 43.8 Å². The molecule has 1 saturated heterocycles. The predicted molar refractivity (Wildman–Crippen MR) is 117 cm³/mol. The van der Waals surface area contributed by atoms with Crippen LogP contribution in [0.15, 0.2) is 41.7 Å². The number of halogens is 1. The van der Waals surface area contributed by atoms with Crippen molar-refractivity contribution in [2.75, 3.05) is 19.5 Å². The molecule has 4 aromatic rings. The number of hydrogen-bond donors (Lipinski definition) is 0. The molecular formula is C21H22ClN5OS. The van der Waals surface area contributed by atoms with E-state index in [1.54, 1.807) is 11.8 Å². The summed E-state index contributed by atoms with van der Waals surface area (Å²) in [4.78, 5) is 9.21. The van der Waals surface area contributed by atoms with E-state index >= 15 is 0 Å². The van der Waals surface area contributed by atoms with Crippen molar-refractivity contribution in [3.63, 3.8) is 0 Å². The van der Waals surface area contributed by atoms with Gasteiger partial charge in [-0.2, -0.15) is 5.10 Å². The van der Waals surface area contributed by atoms with Gasteiger partial charge >= 0.3 is 0 Å². The molecule has 0 unspecified atom stereocenters. The minimum absolute atomic E-state index is 0.245. The van der Waals surface area contributed by atoms with Crippen molar-refractivity contribution >= 4 is 45.3 Å². The van der Waals surface area contributed by atoms with Gasteiger partial charge in [-0.15, -0.1) is 11.8 Å². The smallest absolute Gasteiger partial charge is 0.131 e. The number of benzene rings is 1. The van der Waals surface area contributed by atoms with Crippen LogP contribution in [0.25, 0.3) is 21.9 Å². The van der Waals surface area contributed by atoms with E-state index in [0.717, 1.165) is 59.0 Å². The van der Waals surface area contributed by atoms with E-state index in [1.807, 2.05) is 41.5 Å². The maximum absolute atomic E-state index is 6.23. The van der Waals surface area contributed by atoms with Gasteiger partial charge < -0.3 is 9.30 Å². The van der Waals surface area contributed by atoms with Crippen molar-refractivity contribution in [3.8, 4) is 0 Å². The van der Waals surface area contributed by atoms with Gasteiger partial charge in [-0.25, -0.2) is 4.98 Å². The zero-order valence-electron chi connectivity index (χ0n) is 16.4. The lowest BCUT2D eigenvalue weighted by molar-refractivity contribution is -0.107. The molecular weight excluding hydrogens is 406 g/mol. The first-order chi connectivity index (χ1) is 14.1. The number of pyridine rings is 1. The minimum atomic E-state index is 0.245. The summed E-state index contributed by atoms with van der Waals surface area (Å²) in [5.41, 5.74) is 3.29. The van der Waals surface area contributed by atoms with Crippen molar-refractivity contribution in [3.05, 3.63) is 47.5 Å². The van der Waals surface area contributed by atoms with Crippen molar-refractivity contribution in [2.24, 2.45) is 5.41 Å². The SMILES string of the molecule is CSc1nn(Cc2nc3cc(Cl)ccc3n2CCC2(C)COC2)c2cnccc12. The van der Waals surface area contributed by atoms with Crippen molar-refractivity contribution in [1.82, 2.24) is 24.3 Å². The molecule has 6 nitrogen and oxygen atoms in total. The molecule has 1 aliphatic rings. The Kier molecular flexibility index (Phi) is 4.76. The topological polar surface area (TPSA) is 57.8 Å². The van der Waals surface area contributed by atoms with E-state index < -0.39 is 0 Å². The molecule has 1 fully saturated rings. The fraction of sp³-hybridized carbons (Fsp3) is 0.381. The Hall–Kier alpha value is -2.09. The first-order valence-corrected chi connectivity index (χ1v) is 11.2. The largest absolute Gasteiger partial charge is 0.380 e. The lowest BCUT2D eigenvalue weighted by Crippen LogP contribution is -2.40. The first kappa shape index (κ1) is 18.9. The zero-order chi connectivity index (χ0) is 20.0. The van der Waals surface area contributed by atoms with Crippen LogP contribution >= 0.6 is 23.4 Å². The standard InChI is InChI=1S/C21H22ClN5OS/c1-21(12-28-13-21)6-8-26-17-4-3-14(22)9-16(17)24-19(26)11-27-18-10-23-7-5-15(18)20(25-27)29-2/h3-5,7,9-10H,6,8,11-13H2,1-2H3. The number of aromatic nitrogens is 5. The first-order valence-electron chi connectivity index (χ1n) is 9.63. The Bertz CT molecular complexity index is 1200. The van der Waals surface area contributed by atoms with Gasteiger partial charge in [-0.1, -0.05) is 18.5 Å². The van der Waals surface area contributed by atoms with E-state index in [2.05, 4.69) is 22.5 Å². The Balaban J connectivity index is 1.56. The molecule has 0 atom stereocenters. The quantitative estimate of drug-likeness (QED) is 0.420. The molecule has 29 heavy (non-hydrogen) atoms. The number of fused-ring (bicyclic) bond motifs is 2. The monoisotopic (exact) mass is 427 g/mol. The zero-order valence-corrected chi connectivity index (χ0v) is 18.0. The normalized spacial score (nSPS) is 15.8. The van der Waals surface area contributed by atoms with Gasteiger partial charge in [-0.3, -0.25) is 9.67 Å². The maximum Gasteiger partial charge on any atom is 0.131 e. The van der Waals surface area contributed by atoms with Gasteiger partial charge in [0.15, 0.2) is 0 Å². The second-order valence-corrected chi connectivity index (χ2v) is 9.16. The molecule has 5 rings (SSSR count). The summed E-state index contributed by atoms with van der Waals surface area (Å²) in [5, 5.41) is 7.64. The van der Waals surface area contributed by atoms with Crippen LogP contribution in [0.5, 0.6) is 0 Å². The van der Waals surface area contributed by atoms with Crippen molar-refractivity contribution in [1.29, 1.82) is 0 Å². The van der Waals surface area contributed by atoms with Crippen LogP contribution in [0, 0.1) is 5.41 Å². The lowest BCUT2D eigenvalue weighted by Gasteiger charge is -2.38. The molecule has 0 bridgehead atoms. The number of thioether (sulfide) groups is 1. The molecule has 0 N–H and O–H groups in total.